The molecule has 17 heavy (non-hydrogen) atoms. The first-order valence-corrected chi connectivity index (χ1v) is 5.93. The molecular formula is C13H17ClN2O. The molecule has 0 aromatic heterocycles. The minimum atomic E-state index is 0. The van der Waals surface area contributed by atoms with Crippen LogP contribution in [0, 0.1) is 5.41 Å². The Morgan fingerprint density at radius 1 is 1.18 bits per heavy atom. The lowest BCUT2D eigenvalue weighted by Crippen LogP contribution is -2.38. The van der Waals surface area contributed by atoms with Gasteiger partial charge in [0.15, 0.2) is 0 Å². The standard InChI is InChI=1S/C13H16N2O.ClH/c14-13-15-9-5-4-8-11(15)12(16-13)10-6-2-1-3-7-10;/h1-3,6-7,11-12,14H,4-5,8-9H2;1H/t11-,12+;/m1./s1. The van der Waals surface area contributed by atoms with Gasteiger partial charge in [0, 0.05) is 6.54 Å². The summed E-state index contributed by atoms with van der Waals surface area (Å²) in [5.74, 6) is 0. The van der Waals surface area contributed by atoms with Crippen LogP contribution >= 0.6 is 12.4 Å². The summed E-state index contributed by atoms with van der Waals surface area (Å²) in [6, 6.07) is 11.0. The third-order valence-electron chi connectivity index (χ3n) is 3.53. The Morgan fingerprint density at radius 3 is 2.71 bits per heavy atom. The van der Waals surface area contributed by atoms with E-state index in [0.29, 0.717) is 12.1 Å². The van der Waals surface area contributed by atoms with Crippen molar-refractivity contribution in [1.29, 1.82) is 5.41 Å². The fourth-order valence-corrected chi connectivity index (χ4v) is 2.72. The molecule has 3 rings (SSSR count). The highest BCUT2D eigenvalue weighted by Gasteiger charge is 2.41. The van der Waals surface area contributed by atoms with Crippen molar-refractivity contribution < 1.29 is 4.74 Å². The summed E-state index contributed by atoms with van der Waals surface area (Å²) in [5, 5.41) is 7.86. The lowest BCUT2D eigenvalue weighted by atomic mass is 9.94. The largest absolute Gasteiger partial charge is 0.455 e. The molecule has 2 fully saturated rings. The Bertz CT molecular complexity index is 396. The zero-order valence-corrected chi connectivity index (χ0v) is 10.5. The number of rotatable bonds is 1. The van der Waals surface area contributed by atoms with E-state index in [4.69, 9.17) is 10.1 Å². The maximum Gasteiger partial charge on any atom is 0.285 e. The first-order valence-electron chi connectivity index (χ1n) is 5.93. The highest BCUT2D eigenvalue weighted by Crippen LogP contribution is 2.37. The van der Waals surface area contributed by atoms with Gasteiger partial charge in [-0.05, 0) is 24.8 Å². The molecule has 0 amide bonds. The molecule has 2 aliphatic rings. The Balaban J connectivity index is 0.00000108. The normalized spacial score (nSPS) is 27.1. The molecule has 0 aliphatic carbocycles. The second kappa shape index (κ2) is 4.96. The monoisotopic (exact) mass is 252 g/mol. The summed E-state index contributed by atoms with van der Waals surface area (Å²) >= 11 is 0. The van der Waals surface area contributed by atoms with E-state index in [-0.39, 0.29) is 18.5 Å². The number of ether oxygens (including phenoxy) is 1. The van der Waals surface area contributed by atoms with Gasteiger partial charge in [0.2, 0.25) is 0 Å². The van der Waals surface area contributed by atoms with E-state index in [0.717, 1.165) is 13.0 Å². The summed E-state index contributed by atoms with van der Waals surface area (Å²) < 4.78 is 5.70. The quantitative estimate of drug-likeness (QED) is 0.834. The molecule has 2 aliphatic heterocycles. The van der Waals surface area contributed by atoms with E-state index >= 15 is 0 Å². The molecule has 1 N–H and O–H groups in total. The molecule has 92 valence electrons. The Labute approximate surface area is 108 Å². The van der Waals surface area contributed by atoms with Gasteiger partial charge in [-0.3, -0.25) is 5.41 Å². The van der Waals surface area contributed by atoms with Gasteiger partial charge in [0.1, 0.15) is 6.10 Å². The van der Waals surface area contributed by atoms with Crippen LogP contribution in [0.2, 0.25) is 0 Å². The summed E-state index contributed by atoms with van der Waals surface area (Å²) in [6.07, 6.45) is 3.64. The number of fused-ring (bicyclic) bond motifs is 1. The van der Waals surface area contributed by atoms with Gasteiger partial charge in [-0.25, -0.2) is 0 Å². The van der Waals surface area contributed by atoms with E-state index in [1.54, 1.807) is 0 Å². The molecule has 0 unspecified atom stereocenters. The van der Waals surface area contributed by atoms with Crippen LogP contribution in [0.15, 0.2) is 30.3 Å². The number of piperidine rings is 1. The van der Waals surface area contributed by atoms with Crippen LogP contribution in [-0.4, -0.2) is 23.5 Å². The minimum absolute atomic E-state index is 0. The number of hydrogen-bond donors (Lipinski definition) is 1. The van der Waals surface area contributed by atoms with E-state index < -0.39 is 0 Å². The lowest BCUT2D eigenvalue weighted by Gasteiger charge is -2.29. The fraction of sp³-hybridized carbons (Fsp3) is 0.462. The molecule has 0 bridgehead atoms. The molecule has 1 aromatic rings. The SMILES string of the molecule is Cl.N=C1O[C@@H](c2ccccc2)[C@H]2CCCCN12. The maximum atomic E-state index is 7.86. The average Bonchev–Trinajstić information content (AvgIpc) is 2.69. The molecule has 4 heteroatoms. The van der Waals surface area contributed by atoms with Gasteiger partial charge >= 0.3 is 0 Å². The molecule has 3 nitrogen and oxygen atoms in total. The predicted molar refractivity (Wildman–Crippen MR) is 69.6 cm³/mol. The van der Waals surface area contributed by atoms with Crippen molar-refractivity contribution in [3.8, 4) is 0 Å². The molecule has 1 aromatic carbocycles. The summed E-state index contributed by atoms with van der Waals surface area (Å²) in [5.41, 5.74) is 1.20. The van der Waals surface area contributed by atoms with Crippen LogP contribution in [0.25, 0.3) is 0 Å². The number of amidine groups is 1. The summed E-state index contributed by atoms with van der Waals surface area (Å²) in [7, 11) is 0. The highest BCUT2D eigenvalue weighted by molar-refractivity contribution is 5.85. The van der Waals surface area contributed by atoms with Crippen molar-refractivity contribution in [2.24, 2.45) is 0 Å². The van der Waals surface area contributed by atoms with Crippen LogP contribution in [0.3, 0.4) is 0 Å². The molecule has 2 heterocycles. The number of hydrogen-bond acceptors (Lipinski definition) is 2. The van der Waals surface area contributed by atoms with Gasteiger partial charge < -0.3 is 9.64 Å². The number of nitrogens with zero attached hydrogens (tertiary/aromatic N) is 1. The smallest absolute Gasteiger partial charge is 0.285 e. The molecule has 0 spiro atoms. The third kappa shape index (κ3) is 2.12. The zero-order valence-electron chi connectivity index (χ0n) is 9.63. The van der Waals surface area contributed by atoms with Crippen molar-refractivity contribution in [3.05, 3.63) is 35.9 Å². The van der Waals surface area contributed by atoms with Crippen LogP contribution in [-0.2, 0) is 4.74 Å². The maximum absolute atomic E-state index is 7.86. The van der Waals surface area contributed by atoms with E-state index in [1.165, 1.54) is 18.4 Å². The molecular weight excluding hydrogens is 236 g/mol. The van der Waals surface area contributed by atoms with Gasteiger partial charge in [0.25, 0.3) is 6.02 Å². The van der Waals surface area contributed by atoms with Crippen LogP contribution < -0.4 is 0 Å². The third-order valence-corrected chi connectivity index (χ3v) is 3.53. The Hall–Kier alpha value is -1.22. The van der Waals surface area contributed by atoms with Crippen molar-refractivity contribution in [2.75, 3.05) is 6.54 Å². The zero-order chi connectivity index (χ0) is 11.0. The number of nitrogens with one attached hydrogen (secondary N) is 1. The fourth-order valence-electron chi connectivity index (χ4n) is 2.72. The van der Waals surface area contributed by atoms with Gasteiger partial charge in [-0.2, -0.15) is 0 Å². The van der Waals surface area contributed by atoms with E-state index in [2.05, 4.69) is 17.0 Å². The van der Waals surface area contributed by atoms with Crippen molar-refractivity contribution in [3.63, 3.8) is 0 Å². The second-order valence-corrected chi connectivity index (χ2v) is 4.51. The molecule has 0 radical (unpaired) electrons. The number of halogens is 1. The van der Waals surface area contributed by atoms with Crippen LogP contribution in [0.5, 0.6) is 0 Å². The van der Waals surface area contributed by atoms with Gasteiger partial charge in [-0.15, -0.1) is 12.4 Å². The summed E-state index contributed by atoms with van der Waals surface area (Å²) in [4.78, 5) is 2.11. The Kier molecular flexibility index (Phi) is 3.57. The summed E-state index contributed by atoms with van der Waals surface area (Å²) in [6.45, 7) is 0.979. The topological polar surface area (TPSA) is 36.3 Å². The first-order chi connectivity index (χ1) is 7.86. The number of benzene rings is 1. The van der Waals surface area contributed by atoms with Crippen LogP contribution in [0.4, 0.5) is 0 Å². The minimum Gasteiger partial charge on any atom is -0.455 e. The van der Waals surface area contributed by atoms with Gasteiger partial charge in [-0.1, -0.05) is 30.3 Å². The lowest BCUT2D eigenvalue weighted by molar-refractivity contribution is 0.167. The van der Waals surface area contributed by atoms with Gasteiger partial charge in [0.05, 0.1) is 6.04 Å². The highest BCUT2D eigenvalue weighted by atomic mass is 35.5. The van der Waals surface area contributed by atoms with Crippen molar-refractivity contribution in [2.45, 2.75) is 31.4 Å². The van der Waals surface area contributed by atoms with Crippen molar-refractivity contribution >= 4 is 18.4 Å². The Morgan fingerprint density at radius 2 is 1.94 bits per heavy atom. The first kappa shape index (κ1) is 12.2. The molecule has 0 saturated carbocycles. The van der Waals surface area contributed by atoms with E-state index in [9.17, 15) is 0 Å². The molecule has 2 saturated heterocycles. The van der Waals surface area contributed by atoms with E-state index in [1.807, 2.05) is 18.2 Å². The predicted octanol–water partition coefficient (Wildman–Crippen LogP) is 2.97. The molecule has 2 atom stereocenters. The second-order valence-electron chi connectivity index (χ2n) is 4.51. The average molecular weight is 253 g/mol. The van der Waals surface area contributed by atoms with Crippen LogP contribution in [0.1, 0.15) is 30.9 Å². The van der Waals surface area contributed by atoms with Crippen molar-refractivity contribution in [1.82, 2.24) is 4.90 Å².